The lowest BCUT2D eigenvalue weighted by molar-refractivity contribution is 0.0187. The largest absolute Gasteiger partial charge is 0.444 e. The molecule has 3 heterocycles. The number of likely N-dealkylation sites (tertiary alicyclic amines) is 1. The van der Waals surface area contributed by atoms with Gasteiger partial charge in [0.05, 0.1) is 18.4 Å². The fourth-order valence-corrected chi connectivity index (χ4v) is 4.04. The molecule has 0 atom stereocenters. The number of carbonyl (C=O) groups excluding carboxylic acids is 2. The van der Waals surface area contributed by atoms with Crippen LogP contribution < -0.4 is 5.32 Å². The van der Waals surface area contributed by atoms with Crippen molar-refractivity contribution in [2.24, 2.45) is 0 Å². The predicted octanol–water partition coefficient (Wildman–Crippen LogP) is 4.56. The van der Waals surface area contributed by atoms with Crippen molar-refractivity contribution in [3.8, 4) is 0 Å². The molecule has 0 radical (unpaired) electrons. The lowest BCUT2D eigenvalue weighted by Gasteiger charge is -2.34. The number of amides is 2. The fourth-order valence-electron chi connectivity index (χ4n) is 4.04. The predicted molar refractivity (Wildman–Crippen MR) is 126 cm³/mol. The van der Waals surface area contributed by atoms with E-state index in [1.807, 2.05) is 80.2 Å². The normalized spacial score (nSPS) is 14.8. The first-order valence-corrected chi connectivity index (χ1v) is 11.3. The summed E-state index contributed by atoms with van der Waals surface area (Å²) in [4.78, 5) is 27.1. The molecular weight excluding hydrogens is 418 g/mol. The first kappa shape index (κ1) is 22.6. The Morgan fingerprint density at radius 3 is 2.52 bits per heavy atom. The van der Waals surface area contributed by atoms with Gasteiger partial charge in [-0.15, -0.1) is 0 Å². The number of ether oxygens (including phenoxy) is 1. The second-order valence-electron chi connectivity index (χ2n) is 9.37. The van der Waals surface area contributed by atoms with Gasteiger partial charge in [0.15, 0.2) is 0 Å². The summed E-state index contributed by atoms with van der Waals surface area (Å²) in [5.74, 6) is -0.172. The Morgan fingerprint density at radius 1 is 1.09 bits per heavy atom. The molecule has 0 aliphatic carbocycles. The second-order valence-corrected chi connectivity index (χ2v) is 9.37. The van der Waals surface area contributed by atoms with Gasteiger partial charge in [0.1, 0.15) is 11.3 Å². The third-order valence-electron chi connectivity index (χ3n) is 5.60. The second kappa shape index (κ2) is 9.52. The van der Waals surface area contributed by atoms with Gasteiger partial charge in [0.2, 0.25) is 0 Å². The van der Waals surface area contributed by atoms with E-state index in [1.165, 1.54) is 0 Å². The van der Waals surface area contributed by atoms with Gasteiger partial charge in [-0.05, 0) is 51.3 Å². The molecule has 8 nitrogen and oxygen atoms in total. The number of carbonyl (C=O) groups is 2. The number of nitrogens with zero attached hydrogens (tertiary/aromatic N) is 4. The molecule has 2 aromatic heterocycles. The zero-order valence-corrected chi connectivity index (χ0v) is 19.4. The molecule has 0 bridgehead atoms. The van der Waals surface area contributed by atoms with Crippen LogP contribution in [0.25, 0.3) is 0 Å². The molecule has 174 valence electrons. The molecule has 33 heavy (non-hydrogen) atoms. The van der Waals surface area contributed by atoms with Crippen molar-refractivity contribution in [1.82, 2.24) is 19.2 Å². The Bertz CT molecular complexity index is 1090. The summed E-state index contributed by atoms with van der Waals surface area (Å²) in [5.41, 5.74) is 1.89. The average Bonchev–Trinajstić information content (AvgIpc) is 3.43. The van der Waals surface area contributed by atoms with Gasteiger partial charge in [-0.3, -0.25) is 9.48 Å². The third-order valence-corrected chi connectivity index (χ3v) is 5.60. The van der Waals surface area contributed by atoms with Crippen LogP contribution in [0.5, 0.6) is 0 Å². The van der Waals surface area contributed by atoms with E-state index in [2.05, 4.69) is 10.4 Å². The van der Waals surface area contributed by atoms with E-state index in [1.54, 1.807) is 15.8 Å². The highest BCUT2D eigenvalue weighted by Crippen LogP contribution is 2.26. The number of aromatic nitrogens is 3. The molecule has 8 heteroatoms. The highest BCUT2D eigenvalue weighted by Gasteiger charge is 2.28. The number of hydrogen-bond acceptors (Lipinski definition) is 4. The summed E-state index contributed by atoms with van der Waals surface area (Å²) in [7, 11) is 0. The van der Waals surface area contributed by atoms with Crippen molar-refractivity contribution in [1.29, 1.82) is 0 Å². The van der Waals surface area contributed by atoms with E-state index in [0.717, 1.165) is 18.4 Å². The van der Waals surface area contributed by atoms with E-state index < -0.39 is 5.60 Å². The van der Waals surface area contributed by atoms with Crippen molar-refractivity contribution in [2.45, 2.75) is 51.8 Å². The van der Waals surface area contributed by atoms with Gasteiger partial charge in [-0.1, -0.05) is 30.3 Å². The number of anilines is 1. The van der Waals surface area contributed by atoms with Crippen LogP contribution in [-0.4, -0.2) is 49.9 Å². The minimum atomic E-state index is -0.505. The average molecular weight is 450 g/mol. The van der Waals surface area contributed by atoms with E-state index in [9.17, 15) is 9.59 Å². The summed E-state index contributed by atoms with van der Waals surface area (Å²) >= 11 is 0. The highest BCUT2D eigenvalue weighted by molar-refractivity contribution is 6.03. The third kappa shape index (κ3) is 5.83. The molecule has 0 unspecified atom stereocenters. The molecule has 1 aliphatic rings. The number of benzene rings is 1. The number of hydrogen-bond donors (Lipinski definition) is 1. The van der Waals surface area contributed by atoms with Gasteiger partial charge < -0.3 is 19.5 Å². The maximum atomic E-state index is 13.0. The van der Waals surface area contributed by atoms with Crippen LogP contribution in [0.4, 0.5) is 10.5 Å². The van der Waals surface area contributed by atoms with E-state index in [4.69, 9.17) is 4.74 Å². The fraction of sp³-hybridized carbons (Fsp3) is 0.400. The van der Waals surface area contributed by atoms with Gasteiger partial charge in [-0.2, -0.15) is 5.10 Å². The van der Waals surface area contributed by atoms with Crippen LogP contribution in [0, 0.1) is 0 Å². The molecule has 1 N–H and O–H groups in total. The summed E-state index contributed by atoms with van der Waals surface area (Å²) in [6.45, 7) is 7.45. The van der Waals surface area contributed by atoms with Crippen LogP contribution in [0.15, 0.2) is 61.1 Å². The van der Waals surface area contributed by atoms with Crippen LogP contribution >= 0.6 is 0 Å². The minimum Gasteiger partial charge on any atom is -0.444 e. The maximum absolute atomic E-state index is 13.0. The lowest BCUT2D eigenvalue weighted by Crippen LogP contribution is -2.42. The quantitative estimate of drug-likeness (QED) is 0.619. The van der Waals surface area contributed by atoms with Crippen LogP contribution in [0.2, 0.25) is 0 Å². The Hall–Kier alpha value is -3.55. The molecule has 0 spiro atoms. The Balaban J connectivity index is 1.35. The first-order valence-electron chi connectivity index (χ1n) is 11.3. The van der Waals surface area contributed by atoms with Gasteiger partial charge >= 0.3 is 6.09 Å². The van der Waals surface area contributed by atoms with Crippen LogP contribution in [-0.2, 0) is 11.3 Å². The molecule has 3 aromatic rings. The Kier molecular flexibility index (Phi) is 6.53. The zero-order chi connectivity index (χ0) is 23.4. The topological polar surface area (TPSA) is 81.4 Å². The Labute approximate surface area is 194 Å². The van der Waals surface area contributed by atoms with Crippen molar-refractivity contribution in [3.05, 3.63) is 72.3 Å². The first-order chi connectivity index (χ1) is 15.8. The van der Waals surface area contributed by atoms with Crippen molar-refractivity contribution in [2.75, 3.05) is 18.4 Å². The van der Waals surface area contributed by atoms with Crippen LogP contribution in [0.3, 0.4) is 0 Å². The summed E-state index contributed by atoms with van der Waals surface area (Å²) in [6.07, 6.45) is 6.68. The van der Waals surface area contributed by atoms with E-state index >= 15 is 0 Å². The lowest BCUT2D eigenvalue weighted by atomic mass is 10.0. The van der Waals surface area contributed by atoms with E-state index in [-0.39, 0.29) is 18.0 Å². The number of rotatable bonds is 5. The molecular formula is C25H31N5O3. The van der Waals surface area contributed by atoms with Gasteiger partial charge in [0.25, 0.3) is 5.91 Å². The molecule has 1 aromatic carbocycles. The Morgan fingerprint density at radius 2 is 1.82 bits per heavy atom. The SMILES string of the molecule is CC(C)(C)OC(=O)N1CCC(n2cccc2C(=O)Nc2cnn(Cc3ccccc3)c2)CC1. The smallest absolute Gasteiger partial charge is 0.410 e. The van der Waals surface area contributed by atoms with Gasteiger partial charge in [0, 0.05) is 31.5 Å². The molecule has 1 aliphatic heterocycles. The molecule has 0 saturated carbocycles. The molecule has 4 rings (SSSR count). The molecule has 2 amide bonds. The number of nitrogens with one attached hydrogen (secondary N) is 1. The number of piperidine rings is 1. The molecule has 1 fully saturated rings. The maximum Gasteiger partial charge on any atom is 0.410 e. The monoisotopic (exact) mass is 449 g/mol. The summed E-state index contributed by atoms with van der Waals surface area (Å²) < 4.78 is 9.29. The highest BCUT2D eigenvalue weighted by atomic mass is 16.6. The zero-order valence-electron chi connectivity index (χ0n) is 19.4. The van der Waals surface area contributed by atoms with E-state index in [0.29, 0.717) is 31.0 Å². The van der Waals surface area contributed by atoms with Gasteiger partial charge in [-0.25, -0.2) is 4.79 Å². The van der Waals surface area contributed by atoms with Crippen molar-refractivity contribution < 1.29 is 14.3 Å². The van der Waals surface area contributed by atoms with Crippen molar-refractivity contribution >= 4 is 17.7 Å². The van der Waals surface area contributed by atoms with Crippen LogP contribution in [0.1, 0.15) is 55.7 Å². The minimum absolute atomic E-state index is 0.153. The van der Waals surface area contributed by atoms with Crippen molar-refractivity contribution in [3.63, 3.8) is 0 Å². The summed E-state index contributed by atoms with van der Waals surface area (Å²) in [6, 6.07) is 13.9. The molecule has 1 saturated heterocycles. The standard InChI is InChI=1S/C25H31N5O3/c1-25(2,3)33-24(32)28-14-11-21(12-15-28)30-13-7-10-22(30)23(31)27-20-16-26-29(18-20)17-19-8-5-4-6-9-19/h4-10,13,16,18,21H,11-12,14-15,17H2,1-3H3,(H,27,31). The summed E-state index contributed by atoms with van der Waals surface area (Å²) in [5, 5.41) is 7.31.